The number of unbranched alkanes of at least 4 members (excludes halogenated alkanes) is 2. The number of nitrogens with zero attached hydrogens (tertiary/aromatic N) is 2. The predicted octanol–water partition coefficient (Wildman–Crippen LogP) is 7.50. The van der Waals surface area contributed by atoms with Crippen LogP contribution in [0.1, 0.15) is 87.7 Å². The first-order chi connectivity index (χ1) is 28.4. The van der Waals surface area contributed by atoms with Gasteiger partial charge in [-0.15, -0.1) is 13.2 Å². The number of amides is 1. The summed E-state index contributed by atoms with van der Waals surface area (Å²) in [6.45, 7) is 9.03. The maximum atomic E-state index is 14.6. The van der Waals surface area contributed by atoms with Crippen LogP contribution in [0.4, 0.5) is 4.79 Å². The topological polar surface area (TPSA) is 158 Å². The lowest BCUT2D eigenvalue weighted by molar-refractivity contribution is -0.256. The Morgan fingerprint density at radius 2 is 1.79 bits per heavy atom. The van der Waals surface area contributed by atoms with Gasteiger partial charge in [0.15, 0.2) is 11.5 Å². The number of benzene rings is 2. The smallest absolute Gasteiger partial charge is 0.410 e. The Morgan fingerprint density at radius 3 is 2.57 bits per heavy atom. The number of allylic oxidation sites excluding steroid dienone is 1. The molecule has 13 nitrogen and oxygen atoms in total. The lowest BCUT2D eigenvalue weighted by atomic mass is 9.55. The summed E-state index contributed by atoms with van der Waals surface area (Å²) in [5, 5.41) is 35.6. The van der Waals surface area contributed by atoms with E-state index in [1.807, 2.05) is 18.2 Å². The molecular formula is C45H58N2O11. The van der Waals surface area contributed by atoms with E-state index in [0.29, 0.717) is 55.3 Å². The fourth-order valence-corrected chi connectivity index (χ4v) is 9.42. The van der Waals surface area contributed by atoms with Gasteiger partial charge in [-0.25, -0.2) is 4.79 Å². The van der Waals surface area contributed by atoms with E-state index in [1.54, 1.807) is 35.3 Å². The summed E-state index contributed by atoms with van der Waals surface area (Å²) >= 11 is 0. The Labute approximate surface area is 340 Å². The van der Waals surface area contributed by atoms with Gasteiger partial charge >= 0.3 is 6.09 Å². The Balaban J connectivity index is 1.43. The molecule has 3 aliphatic heterocycles. The number of aliphatic hydroxyl groups is 2. The van der Waals surface area contributed by atoms with E-state index in [2.05, 4.69) is 19.2 Å². The second kappa shape index (κ2) is 19.5. The minimum absolute atomic E-state index is 0.0135. The van der Waals surface area contributed by atoms with Crippen LogP contribution in [-0.4, -0.2) is 90.0 Å². The van der Waals surface area contributed by atoms with E-state index >= 15 is 0 Å². The van der Waals surface area contributed by atoms with E-state index in [9.17, 15) is 20.1 Å². The summed E-state index contributed by atoms with van der Waals surface area (Å²) in [6, 6.07) is 9.95. The van der Waals surface area contributed by atoms with Gasteiger partial charge in [0, 0.05) is 44.1 Å². The van der Waals surface area contributed by atoms with E-state index in [1.165, 1.54) is 0 Å². The third kappa shape index (κ3) is 8.87. The van der Waals surface area contributed by atoms with E-state index < -0.39 is 30.1 Å². The number of phenols is 1. The van der Waals surface area contributed by atoms with Crippen LogP contribution >= 0.6 is 0 Å². The second-order valence-electron chi connectivity index (χ2n) is 15.7. The van der Waals surface area contributed by atoms with Crippen molar-refractivity contribution in [3.05, 3.63) is 84.5 Å². The van der Waals surface area contributed by atoms with Crippen molar-refractivity contribution >= 4 is 11.8 Å². The normalized spacial score (nSPS) is 27.4. The molecule has 7 unspecified atom stereocenters. The van der Waals surface area contributed by atoms with Gasteiger partial charge < -0.3 is 48.6 Å². The van der Waals surface area contributed by atoms with Crippen molar-refractivity contribution in [1.29, 1.82) is 0 Å². The first-order valence-electron chi connectivity index (χ1n) is 20.9. The van der Waals surface area contributed by atoms with E-state index in [0.717, 1.165) is 55.2 Å². The first-order valence-corrected chi connectivity index (χ1v) is 20.9. The molecule has 1 amide bonds. The lowest BCUT2D eigenvalue weighted by Crippen LogP contribution is -2.70. The number of fused-ring (bicyclic) bond motifs is 3. The zero-order valence-corrected chi connectivity index (χ0v) is 33.3. The zero-order valence-electron chi connectivity index (χ0n) is 33.3. The molecule has 1 saturated carbocycles. The molecule has 1 saturated heterocycles. The van der Waals surface area contributed by atoms with Gasteiger partial charge in [-0.3, -0.25) is 4.90 Å². The maximum absolute atomic E-state index is 14.6. The van der Waals surface area contributed by atoms with Crippen molar-refractivity contribution in [3.63, 3.8) is 0 Å². The molecule has 7 rings (SSSR count). The number of ether oxygens (including phenoxy) is 6. The van der Waals surface area contributed by atoms with Gasteiger partial charge in [-0.05, 0) is 98.2 Å². The Kier molecular flexibility index (Phi) is 14.0. The number of phenolic OH excluding ortho intramolecular Hbond substituents is 1. The molecule has 3 N–H and O–H groups in total. The molecule has 0 aromatic heterocycles. The molecule has 0 radical (unpaired) electrons. The molecule has 0 bridgehead atoms. The van der Waals surface area contributed by atoms with Crippen LogP contribution < -0.4 is 14.2 Å². The number of carbonyl (C=O) groups is 1. The van der Waals surface area contributed by atoms with Crippen molar-refractivity contribution in [2.75, 3.05) is 39.8 Å². The number of aliphatic hydroxyl groups excluding tert-OH is 2. The Morgan fingerprint density at radius 1 is 0.983 bits per heavy atom. The maximum Gasteiger partial charge on any atom is 0.410 e. The molecule has 58 heavy (non-hydrogen) atoms. The molecular weight excluding hydrogens is 744 g/mol. The minimum Gasteiger partial charge on any atom is -0.508 e. The van der Waals surface area contributed by atoms with Crippen molar-refractivity contribution < 1.29 is 53.4 Å². The number of hydrogen-bond acceptors (Lipinski definition) is 12. The largest absolute Gasteiger partial charge is 0.508 e. The van der Waals surface area contributed by atoms with Crippen molar-refractivity contribution in [2.24, 2.45) is 22.9 Å². The predicted molar refractivity (Wildman–Crippen MR) is 216 cm³/mol. The quantitative estimate of drug-likeness (QED) is 0.0734. The molecule has 7 atom stereocenters. The monoisotopic (exact) mass is 802 g/mol. The molecule has 5 aliphatic rings. The van der Waals surface area contributed by atoms with Gasteiger partial charge in [0.25, 0.3) is 0 Å². The lowest BCUT2D eigenvalue weighted by Gasteiger charge is -2.59. The third-order valence-electron chi connectivity index (χ3n) is 12.0. The van der Waals surface area contributed by atoms with Gasteiger partial charge in [-0.2, -0.15) is 0 Å². The minimum atomic E-state index is -1.49. The van der Waals surface area contributed by atoms with E-state index in [-0.39, 0.29) is 69.7 Å². The van der Waals surface area contributed by atoms with Crippen molar-refractivity contribution in [1.82, 2.24) is 4.90 Å². The Bertz CT molecular complexity index is 1810. The van der Waals surface area contributed by atoms with Gasteiger partial charge in [0.05, 0.1) is 31.5 Å². The summed E-state index contributed by atoms with van der Waals surface area (Å²) in [7, 11) is 0. The van der Waals surface area contributed by atoms with Crippen LogP contribution in [0.5, 0.6) is 23.0 Å². The average molecular weight is 803 g/mol. The number of oxime groups is 1. The van der Waals surface area contributed by atoms with Crippen molar-refractivity contribution in [3.8, 4) is 23.0 Å². The van der Waals surface area contributed by atoms with Crippen LogP contribution in [0.25, 0.3) is 0 Å². The summed E-state index contributed by atoms with van der Waals surface area (Å²) in [5.74, 6) is -0.379. The molecule has 0 spiro atoms. The molecule has 2 aliphatic carbocycles. The molecule has 13 heteroatoms. The highest BCUT2D eigenvalue weighted by Gasteiger charge is 2.65. The number of hydrogen-bond donors (Lipinski definition) is 3. The van der Waals surface area contributed by atoms with Gasteiger partial charge in [0.1, 0.15) is 17.5 Å². The van der Waals surface area contributed by atoms with Crippen LogP contribution in [-0.2, 0) is 25.6 Å². The highest BCUT2D eigenvalue weighted by molar-refractivity contribution is 6.03. The fourth-order valence-electron chi connectivity index (χ4n) is 9.42. The average Bonchev–Trinajstić information content (AvgIpc) is 3.71. The van der Waals surface area contributed by atoms with Gasteiger partial charge in [-0.1, -0.05) is 42.3 Å². The fraction of sp³-hybridized carbons (Fsp3) is 0.556. The van der Waals surface area contributed by atoms with Crippen LogP contribution in [0, 0.1) is 17.8 Å². The van der Waals surface area contributed by atoms with Crippen molar-refractivity contribution in [2.45, 2.75) is 101 Å². The van der Waals surface area contributed by atoms with Crippen LogP contribution in [0.15, 0.2) is 78.5 Å². The van der Waals surface area contributed by atoms with Crippen LogP contribution in [0.3, 0.4) is 0 Å². The number of aromatic hydroxyl groups is 1. The van der Waals surface area contributed by atoms with E-state index in [4.69, 9.17) is 38.4 Å². The second-order valence-corrected chi connectivity index (χ2v) is 15.7. The highest BCUT2D eigenvalue weighted by atomic mass is 16.8. The zero-order chi connectivity index (χ0) is 40.5. The highest BCUT2D eigenvalue weighted by Crippen LogP contribution is 2.62. The summed E-state index contributed by atoms with van der Waals surface area (Å²) in [4.78, 5) is 22.5. The molecule has 3 heterocycles. The molecule has 2 fully saturated rings. The molecule has 2 aromatic rings. The SMILES string of the molecule is C=CCCOC(=O)N(Cc1ccc2c(c1)OCO2)C1CC(=NOC2CCCCO2)C2=CC(CCCCO)C(CCCCO)C3c4cc(O)ccc4OC1(OCC=C)C23. The molecule has 2 aromatic carbocycles. The number of rotatable bonds is 19. The summed E-state index contributed by atoms with van der Waals surface area (Å²) < 4.78 is 37.5. The summed E-state index contributed by atoms with van der Waals surface area (Å²) in [5.41, 5.74) is 3.16. The number of carbonyl (C=O) groups excluding carboxylic acids is 1. The van der Waals surface area contributed by atoms with Crippen LogP contribution in [0.2, 0.25) is 0 Å². The molecule has 314 valence electrons. The summed E-state index contributed by atoms with van der Waals surface area (Å²) in [6.07, 6.45) is 12.3. The third-order valence-corrected chi connectivity index (χ3v) is 12.0. The Hall–Kier alpha value is -4.56. The first kappa shape index (κ1) is 41.6. The standard InChI is InChI=1S/C45H58N2O11/c1-3-5-22-53-44(51)47(28-30-15-17-38-39(24-30)55-29-54-38)40-27-36(46-58-41-14-8-11-23-52-41)34-25-31(12-6-9-19-48)33(13-7-10-20-49)42-35-26-32(50)16-18-37(35)57-45(40,43(34)42)56-21-4-2/h3-4,15-18,24-26,31,33,40-43,48-50H,1-2,5-14,19-23,27-29H2. The van der Waals surface area contributed by atoms with Gasteiger partial charge in [0.2, 0.25) is 18.9 Å².